The Bertz CT molecular complexity index is 657. The molecule has 0 unspecified atom stereocenters. The van der Waals surface area contributed by atoms with Gasteiger partial charge in [0.05, 0.1) is 0 Å². The molecule has 0 N–H and O–H groups in total. The third-order valence-corrected chi connectivity index (χ3v) is 4.80. The summed E-state index contributed by atoms with van der Waals surface area (Å²) in [6.07, 6.45) is 7.11. The monoisotopic (exact) mass is 384 g/mol. The summed E-state index contributed by atoms with van der Waals surface area (Å²) in [6, 6.07) is 8.82. The first kappa shape index (κ1) is 24.3. The molecular formula is C24H40N4. The van der Waals surface area contributed by atoms with Crippen LogP contribution in [0.3, 0.4) is 0 Å². The molecule has 4 nitrogen and oxygen atoms in total. The summed E-state index contributed by atoms with van der Waals surface area (Å²) in [5, 5.41) is 0. The Labute approximate surface area is 173 Å². The van der Waals surface area contributed by atoms with Crippen molar-refractivity contribution in [1.29, 1.82) is 0 Å². The highest BCUT2D eigenvalue weighted by molar-refractivity contribution is 5.29. The summed E-state index contributed by atoms with van der Waals surface area (Å²) in [5.74, 6) is 0. The van der Waals surface area contributed by atoms with Crippen LogP contribution < -0.4 is 0 Å². The lowest BCUT2D eigenvalue weighted by Gasteiger charge is -2.28. The number of aromatic nitrogens is 2. The molecule has 2 aliphatic heterocycles. The van der Waals surface area contributed by atoms with Crippen molar-refractivity contribution in [3.05, 3.63) is 59.2 Å². The molecule has 1 aromatic heterocycles. The molecule has 0 saturated heterocycles. The van der Waals surface area contributed by atoms with Gasteiger partial charge >= 0.3 is 0 Å². The lowest BCUT2D eigenvalue weighted by atomic mass is 10.00. The smallest absolute Gasteiger partial charge is 0.115 e. The van der Waals surface area contributed by atoms with Crippen LogP contribution in [0.25, 0.3) is 0 Å². The second-order valence-corrected chi connectivity index (χ2v) is 6.78. The van der Waals surface area contributed by atoms with Crippen LogP contribution >= 0.6 is 0 Å². The van der Waals surface area contributed by atoms with Gasteiger partial charge in [0.25, 0.3) is 0 Å². The molecule has 2 aromatic rings. The first-order chi connectivity index (χ1) is 13.8. The molecular weight excluding hydrogens is 344 g/mol. The Kier molecular flexibility index (Phi) is 12.3. The fourth-order valence-electron chi connectivity index (χ4n) is 3.47. The molecule has 0 aliphatic carbocycles. The number of rotatable bonds is 2. The lowest BCUT2D eigenvalue weighted by molar-refractivity contribution is 0.255. The molecule has 0 bridgehead atoms. The number of benzene rings is 1. The van der Waals surface area contributed by atoms with E-state index in [4.69, 9.17) is 0 Å². The molecule has 0 saturated carbocycles. The standard InChI is InChI=1S/C12H17N.C8H11N3.2C2H6/c1-2-8-13-9-7-11-5-3-4-6-12(11)10-13;1-11-3-2-8-7(5-11)4-9-6-10-8;2*1-2/h3-6H,2,7-10H2,1H3;4,6H,2-3,5H2,1H3;2*1-2H3. The highest BCUT2D eigenvalue weighted by Crippen LogP contribution is 2.18. The van der Waals surface area contributed by atoms with Crippen LogP contribution in [0.2, 0.25) is 0 Å². The fraction of sp³-hybridized carbons (Fsp3) is 0.583. The minimum absolute atomic E-state index is 0.996. The van der Waals surface area contributed by atoms with Crippen molar-refractivity contribution >= 4 is 0 Å². The van der Waals surface area contributed by atoms with Crippen molar-refractivity contribution in [1.82, 2.24) is 19.8 Å². The Hall–Kier alpha value is -1.78. The van der Waals surface area contributed by atoms with Crippen molar-refractivity contribution in [2.45, 2.75) is 67.0 Å². The Morgan fingerprint density at radius 1 is 0.893 bits per heavy atom. The normalized spacial score (nSPS) is 15.4. The van der Waals surface area contributed by atoms with Crippen LogP contribution in [-0.4, -0.2) is 46.4 Å². The van der Waals surface area contributed by atoms with E-state index < -0.39 is 0 Å². The molecule has 0 atom stereocenters. The number of likely N-dealkylation sites (N-methyl/N-ethyl adjacent to an activating group) is 1. The van der Waals surface area contributed by atoms with Crippen LogP contribution in [0, 0.1) is 0 Å². The summed E-state index contributed by atoms with van der Waals surface area (Å²) in [7, 11) is 2.12. The Morgan fingerprint density at radius 3 is 2.32 bits per heavy atom. The van der Waals surface area contributed by atoms with Crippen molar-refractivity contribution < 1.29 is 0 Å². The number of fused-ring (bicyclic) bond motifs is 2. The van der Waals surface area contributed by atoms with Crippen molar-refractivity contribution in [3.63, 3.8) is 0 Å². The molecule has 28 heavy (non-hydrogen) atoms. The van der Waals surface area contributed by atoms with Crippen molar-refractivity contribution in [2.75, 3.05) is 26.7 Å². The van der Waals surface area contributed by atoms with Gasteiger partial charge < -0.3 is 4.90 Å². The van der Waals surface area contributed by atoms with Crippen molar-refractivity contribution in [3.8, 4) is 0 Å². The molecule has 2 aliphatic rings. The summed E-state index contributed by atoms with van der Waals surface area (Å²) in [5.41, 5.74) is 5.58. The predicted molar refractivity (Wildman–Crippen MR) is 120 cm³/mol. The topological polar surface area (TPSA) is 32.3 Å². The van der Waals surface area contributed by atoms with Gasteiger partial charge in [-0.05, 0) is 37.6 Å². The van der Waals surface area contributed by atoms with E-state index in [9.17, 15) is 0 Å². The molecule has 0 spiro atoms. The van der Waals surface area contributed by atoms with E-state index in [0.717, 1.165) is 26.1 Å². The van der Waals surface area contributed by atoms with Gasteiger partial charge in [-0.1, -0.05) is 58.9 Å². The molecule has 4 rings (SSSR count). The van der Waals surface area contributed by atoms with Gasteiger partial charge in [0, 0.05) is 50.1 Å². The third-order valence-electron chi connectivity index (χ3n) is 4.80. The van der Waals surface area contributed by atoms with Gasteiger partial charge in [-0.25, -0.2) is 9.97 Å². The van der Waals surface area contributed by atoms with E-state index in [1.165, 1.54) is 42.8 Å². The third kappa shape index (κ3) is 7.69. The van der Waals surface area contributed by atoms with Crippen LogP contribution in [0.4, 0.5) is 0 Å². The van der Waals surface area contributed by atoms with E-state index >= 15 is 0 Å². The molecule has 3 heterocycles. The highest BCUT2D eigenvalue weighted by atomic mass is 15.1. The summed E-state index contributed by atoms with van der Waals surface area (Å²) < 4.78 is 0. The fourth-order valence-corrected chi connectivity index (χ4v) is 3.47. The zero-order chi connectivity index (χ0) is 20.8. The summed E-state index contributed by atoms with van der Waals surface area (Å²) in [6.45, 7) is 16.0. The quantitative estimate of drug-likeness (QED) is 0.731. The van der Waals surface area contributed by atoms with Crippen LogP contribution in [-0.2, 0) is 25.9 Å². The molecule has 1 aromatic carbocycles. The van der Waals surface area contributed by atoms with Crippen LogP contribution in [0.1, 0.15) is 63.4 Å². The molecule has 0 fully saturated rings. The van der Waals surface area contributed by atoms with E-state index in [-0.39, 0.29) is 0 Å². The van der Waals surface area contributed by atoms with E-state index in [1.54, 1.807) is 11.9 Å². The van der Waals surface area contributed by atoms with Crippen LogP contribution in [0.15, 0.2) is 36.8 Å². The van der Waals surface area contributed by atoms with Gasteiger partial charge in [-0.3, -0.25) is 4.90 Å². The van der Waals surface area contributed by atoms with Gasteiger partial charge in [0.2, 0.25) is 0 Å². The van der Waals surface area contributed by atoms with Gasteiger partial charge in [0.15, 0.2) is 0 Å². The largest absolute Gasteiger partial charge is 0.302 e. The van der Waals surface area contributed by atoms with Gasteiger partial charge in [-0.2, -0.15) is 0 Å². The second-order valence-electron chi connectivity index (χ2n) is 6.78. The van der Waals surface area contributed by atoms with Crippen LogP contribution in [0.5, 0.6) is 0 Å². The molecule has 156 valence electrons. The lowest BCUT2D eigenvalue weighted by Crippen LogP contribution is -2.30. The highest BCUT2D eigenvalue weighted by Gasteiger charge is 2.14. The molecule has 0 amide bonds. The Morgan fingerprint density at radius 2 is 1.61 bits per heavy atom. The van der Waals surface area contributed by atoms with E-state index in [1.807, 2.05) is 33.9 Å². The van der Waals surface area contributed by atoms with E-state index in [0.29, 0.717) is 0 Å². The minimum Gasteiger partial charge on any atom is -0.302 e. The predicted octanol–water partition coefficient (Wildman–Crippen LogP) is 4.97. The maximum atomic E-state index is 4.22. The first-order valence-electron chi connectivity index (χ1n) is 11.0. The summed E-state index contributed by atoms with van der Waals surface area (Å²) in [4.78, 5) is 13.0. The number of hydrogen-bond acceptors (Lipinski definition) is 4. The zero-order valence-corrected chi connectivity index (χ0v) is 18.9. The number of nitrogens with zero attached hydrogens (tertiary/aromatic N) is 4. The maximum absolute atomic E-state index is 4.22. The van der Waals surface area contributed by atoms with Gasteiger partial charge in [-0.15, -0.1) is 0 Å². The minimum atomic E-state index is 0.996. The Balaban J connectivity index is 0.000000240. The van der Waals surface area contributed by atoms with Crippen molar-refractivity contribution in [2.24, 2.45) is 0 Å². The average Bonchev–Trinajstić information content (AvgIpc) is 2.77. The average molecular weight is 385 g/mol. The molecule has 4 heteroatoms. The number of hydrogen-bond donors (Lipinski definition) is 0. The van der Waals surface area contributed by atoms with Gasteiger partial charge in [0.1, 0.15) is 6.33 Å². The SMILES string of the molecule is CC.CC.CCCN1CCc2ccccc2C1.CN1CCc2ncncc2C1. The first-order valence-corrected chi connectivity index (χ1v) is 11.0. The maximum Gasteiger partial charge on any atom is 0.115 e. The molecule has 0 radical (unpaired) electrons. The zero-order valence-electron chi connectivity index (χ0n) is 18.9. The van der Waals surface area contributed by atoms with E-state index in [2.05, 4.69) is 58.0 Å². The second kappa shape index (κ2) is 14.3. The summed E-state index contributed by atoms with van der Waals surface area (Å²) >= 11 is 0.